The number of halogens is 12. The van der Waals surface area contributed by atoms with E-state index in [9.17, 15) is 83.1 Å². The number of benzene rings is 2. The number of allylic oxidation sites excluding steroid dienone is 2. The summed E-state index contributed by atoms with van der Waals surface area (Å²) in [7, 11) is 0. The Bertz CT molecular complexity index is 1260. The van der Waals surface area contributed by atoms with Gasteiger partial charge < -0.3 is 10.2 Å². The second kappa shape index (κ2) is 9.73. The quantitative estimate of drug-likeness (QED) is 0.132. The normalized spacial score (nSPS) is 14.0. The van der Waals surface area contributed by atoms with E-state index in [1.54, 1.807) is 0 Å². The molecule has 0 saturated carbocycles. The third-order valence-corrected chi connectivity index (χ3v) is 5.20. The maximum Gasteiger partial charge on any atom is 0.380 e. The number of phenolic OH excluding ortho intramolecular Hbond substituents is 2. The Balaban J connectivity index is 2.52. The molecule has 0 fully saturated rings. The van der Waals surface area contributed by atoms with Crippen molar-refractivity contribution in [1.82, 2.24) is 0 Å². The van der Waals surface area contributed by atoms with Crippen LogP contribution in [0.3, 0.4) is 0 Å². The fourth-order valence-corrected chi connectivity index (χ4v) is 2.93. The zero-order valence-electron chi connectivity index (χ0n) is 18.6. The van der Waals surface area contributed by atoms with Crippen molar-refractivity contribution >= 4 is 11.4 Å². The highest BCUT2D eigenvalue weighted by Gasteiger charge is 2.74. The fraction of sp³-hybridized carbons (Fsp3) is 0.300. The number of hydrogen-bond donors (Lipinski definition) is 2. The molecule has 0 aliphatic heterocycles. The van der Waals surface area contributed by atoms with E-state index in [4.69, 9.17) is 0 Å². The summed E-state index contributed by atoms with van der Waals surface area (Å²) in [6.45, 7) is 0. The van der Waals surface area contributed by atoms with Crippen LogP contribution in [0.4, 0.5) is 64.1 Å². The molecule has 0 heterocycles. The first-order chi connectivity index (χ1) is 17.8. The molecule has 0 aliphatic rings. The Morgan fingerprint density at radius 2 is 0.850 bits per heavy atom. The number of alkyl halides is 12. The monoisotopic (exact) mass is 602 g/mol. The van der Waals surface area contributed by atoms with Crippen molar-refractivity contribution in [2.45, 2.75) is 35.5 Å². The maximum atomic E-state index is 14.3. The molecule has 220 valence electrons. The molecular formula is C20H10F12N2O6. The molecule has 0 radical (unpaired) electrons. The molecule has 0 saturated heterocycles. The van der Waals surface area contributed by atoms with Crippen molar-refractivity contribution in [3.05, 3.63) is 79.9 Å². The average Bonchev–Trinajstić information content (AvgIpc) is 2.82. The van der Waals surface area contributed by atoms with Gasteiger partial charge in [0.1, 0.15) is 0 Å². The minimum Gasteiger partial charge on any atom is -0.502 e. The highest BCUT2D eigenvalue weighted by molar-refractivity contribution is 5.50. The van der Waals surface area contributed by atoms with Crippen LogP contribution >= 0.6 is 0 Å². The molecule has 8 nitrogen and oxygen atoms in total. The number of nitro benzene ring substituents is 2. The molecule has 2 aromatic rings. The lowest BCUT2D eigenvalue weighted by molar-refractivity contribution is -0.386. The summed E-state index contributed by atoms with van der Waals surface area (Å²) >= 11 is 0. The van der Waals surface area contributed by atoms with Crippen molar-refractivity contribution in [3.8, 4) is 11.5 Å². The predicted octanol–water partition coefficient (Wildman–Crippen LogP) is 6.90. The van der Waals surface area contributed by atoms with Crippen molar-refractivity contribution in [3.63, 3.8) is 0 Å². The number of rotatable bonds is 10. The Morgan fingerprint density at radius 3 is 1.10 bits per heavy atom. The number of phenols is 2. The van der Waals surface area contributed by atoms with Gasteiger partial charge in [-0.2, -0.15) is 52.7 Å². The third-order valence-electron chi connectivity index (χ3n) is 5.20. The minimum absolute atomic E-state index is 0.0237. The molecule has 40 heavy (non-hydrogen) atoms. The van der Waals surface area contributed by atoms with Crippen LogP contribution in [0, 0.1) is 20.2 Å². The van der Waals surface area contributed by atoms with E-state index < -0.39 is 104 Å². The summed E-state index contributed by atoms with van der Waals surface area (Å²) in [6, 6.07) is -1.26. The van der Waals surface area contributed by atoms with E-state index in [-0.39, 0.29) is 24.3 Å². The summed E-state index contributed by atoms with van der Waals surface area (Å²) in [5.74, 6) is -41.8. The second-order valence-electron chi connectivity index (χ2n) is 7.80. The van der Waals surface area contributed by atoms with Gasteiger partial charge in [0.2, 0.25) is 0 Å². The Morgan fingerprint density at radius 1 is 0.575 bits per heavy atom. The molecule has 2 aromatic carbocycles. The molecule has 0 amide bonds. The number of nitrogens with zero attached hydrogens (tertiary/aromatic N) is 2. The minimum atomic E-state index is -6.83. The zero-order valence-corrected chi connectivity index (χ0v) is 18.6. The summed E-state index contributed by atoms with van der Waals surface area (Å²) in [5, 5.41) is 39.8. The van der Waals surface area contributed by atoms with E-state index in [1.165, 1.54) is 0 Å². The second-order valence-corrected chi connectivity index (χ2v) is 7.80. The highest BCUT2D eigenvalue weighted by Crippen LogP contribution is 2.55. The Kier molecular flexibility index (Phi) is 7.78. The van der Waals surface area contributed by atoms with Gasteiger partial charge >= 0.3 is 46.9 Å². The summed E-state index contributed by atoms with van der Waals surface area (Å²) < 4.78 is 170. The van der Waals surface area contributed by atoms with Crippen LogP contribution < -0.4 is 0 Å². The van der Waals surface area contributed by atoms with Crippen LogP contribution in [0.5, 0.6) is 11.5 Å². The van der Waals surface area contributed by atoms with Crippen LogP contribution in [0.1, 0.15) is 11.1 Å². The molecule has 2 N–H and O–H groups in total. The third kappa shape index (κ3) is 5.04. The topological polar surface area (TPSA) is 127 Å². The SMILES string of the molecule is O=[N+]([O-])c1cc(C(F)(F)C(F)(F)C(F)(F)/C=C/C(F)(F)C(F)(F)C(F)(F)c2ccc(O)c([N+](=O)[O-])c2)ccc1O. The first-order valence-corrected chi connectivity index (χ1v) is 9.78. The van der Waals surface area contributed by atoms with Gasteiger partial charge in [0.25, 0.3) is 0 Å². The van der Waals surface area contributed by atoms with Crippen LogP contribution in [0.2, 0.25) is 0 Å². The van der Waals surface area contributed by atoms with E-state index in [2.05, 4.69) is 0 Å². The smallest absolute Gasteiger partial charge is 0.380 e. The van der Waals surface area contributed by atoms with Crippen LogP contribution in [-0.4, -0.2) is 43.7 Å². The van der Waals surface area contributed by atoms with Crippen molar-refractivity contribution < 1.29 is 72.7 Å². The maximum absolute atomic E-state index is 14.3. The van der Waals surface area contributed by atoms with Gasteiger partial charge in [-0.05, 0) is 36.4 Å². The molecule has 0 unspecified atom stereocenters. The standard InChI is InChI=1S/C20H10F12N2O6/c21-15(22,19(29,30)17(25,26)9-1-3-13(35)11(7-9)33(37)38)5-6-16(23,24)20(31,32)18(27,28)10-2-4-14(36)12(8-10)34(39)40/h1-8,35-36H/b6-5+. The molecule has 0 atom stereocenters. The average molecular weight is 602 g/mol. The van der Waals surface area contributed by atoms with Crippen LogP contribution in [0.15, 0.2) is 48.6 Å². The largest absolute Gasteiger partial charge is 0.502 e. The van der Waals surface area contributed by atoms with Gasteiger partial charge in [0.05, 0.1) is 9.85 Å². The Hall–Kier alpha value is -4.26. The van der Waals surface area contributed by atoms with E-state index >= 15 is 0 Å². The van der Waals surface area contributed by atoms with E-state index in [1.807, 2.05) is 0 Å². The molecular weight excluding hydrogens is 592 g/mol. The Labute approximate surface area is 212 Å². The van der Waals surface area contributed by atoms with E-state index in [0.29, 0.717) is 0 Å². The van der Waals surface area contributed by atoms with Gasteiger partial charge in [0, 0.05) is 23.3 Å². The van der Waals surface area contributed by atoms with Gasteiger partial charge in [-0.1, -0.05) is 0 Å². The summed E-state index contributed by atoms with van der Waals surface area (Å²) in [6.07, 6.45) is -3.84. The first kappa shape index (κ1) is 32.0. The summed E-state index contributed by atoms with van der Waals surface area (Å²) in [5.41, 5.74) is -7.86. The molecule has 20 heteroatoms. The lowest BCUT2D eigenvalue weighted by Gasteiger charge is -2.33. The molecule has 2 rings (SSSR count). The van der Waals surface area contributed by atoms with Crippen LogP contribution in [-0.2, 0) is 11.8 Å². The van der Waals surface area contributed by atoms with Crippen molar-refractivity contribution in [2.75, 3.05) is 0 Å². The zero-order chi connectivity index (χ0) is 31.3. The highest BCUT2D eigenvalue weighted by atomic mass is 19.4. The van der Waals surface area contributed by atoms with Gasteiger partial charge in [-0.15, -0.1) is 0 Å². The van der Waals surface area contributed by atoms with Crippen LogP contribution in [0.25, 0.3) is 0 Å². The van der Waals surface area contributed by atoms with Crippen molar-refractivity contribution in [1.29, 1.82) is 0 Å². The van der Waals surface area contributed by atoms with Crippen molar-refractivity contribution in [2.24, 2.45) is 0 Å². The van der Waals surface area contributed by atoms with Gasteiger partial charge in [-0.25, -0.2) is 0 Å². The fourth-order valence-electron chi connectivity index (χ4n) is 2.93. The lowest BCUT2D eigenvalue weighted by Crippen LogP contribution is -2.53. The number of aromatic hydroxyl groups is 2. The molecule has 0 bridgehead atoms. The molecule has 0 aliphatic carbocycles. The van der Waals surface area contributed by atoms with Gasteiger partial charge in [-0.3, -0.25) is 20.2 Å². The first-order valence-electron chi connectivity index (χ1n) is 9.78. The lowest BCUT2D eigenvalue weighted by atomic mass is 9.93. The number of nitro groups is 2. The summed E-state index contributed by atoms with van der Waals surface area (Å²) in [4.78, 5) is 18.2. The molecule has 0 spiro atoms. The number of hydrogen-bond acceptors (Lipinski definition) is 6. The predicted molar refractivity (Wildman–Crippen MR) is 106 cm³/mol. The van der Waals surface area contributed by atoms with E-state index in [0.717, 1.165) is 0 Å². The molecule has 0 aromatic heterocycles. The van der Waals surface area contributed by atoms with Gasteiger partial charge in [0.15, 0.2) is 11.5 Å².